The summed E-state index contributed by atoms with van der Waals surface area (Å²) in [4.78, 5) is 0. The summed E-state index contributed by atoms with van der Waals surface area (Å²) in [7, 11) is 0. The van der Waals surface area contributed by atoms with Crippen LogP contribution in [0.1, 0.15) is 25.5 Å². The fraction of sp³-hybridized carbons (Fsp3) is 0.400. The van der Waals surface area contributed by atoms with Crippen LogP contribution in [0.5, 0.6) is 0 Å². The van der Waals surface area contributed by atoms with Gasteiger partial charge in [0.2, 0.25) is 0 Å². The minimum absolute atomic E-state index is 0. The summed E-state index contributed by atoms with van der Waals surface area (Å²) in [5.74, 6) is 0. The molecule has 0 spiro atoms. The molecular weight excluding hydrogens is 186 g/mol. The zero-order chi connectivity index (χ0) is 9.19. The third kappa shape index (κ3) is 3.35. The van der Waals surface area contributed by atoms with E-state index in [-0.39, 0.29) is 18.4 Å². The van der Waals surface area contributed by atoms with Crippen LogP contribution in [-0.2, 0) is 0 Å². The summed E-state index contributed by atoms with van der Waals surface area (Å²) in [6, 6.07) is 9.28. The summed E-state index contributed by atoms with van der Waals surface area (Å²) >= 11 is 0. The van der Waals surface area contributed by atoms with E-state index in [0.717, 1.165) is 5.56 Å². The first kappa shape index (κ1) is 12.4. The topological polar surface area (TPSA) is 46.2 Å². The van der Waals surface area contributed by atoms with Crippen LogP contribution >= 0.6 is 12.4 Å². The van der Waals surface area contributed by atoms with Gasteiger partial charge in [0.25, 0.3) is 0 Å². The minimum Gasteiger partial charge on any atom is -0.388 e. The molecule has 13 heavy (non-hydrogen) atoms. The van der Waals surface area contributed by atoms with Crippen molar-refractivity contribution >= 4 is 12.4 Å². The van der Waals surface area contributed by atoms with Crippen LogP contribution in [-0.4, -0.2) is 10.7 Å². The smallest absolute Gasteiger partial charge is 0.0783 e. The number of benzene rings is 1. The zero-order valence-corrected chi connectivity index (χ0v) is 8.71. The SMILES string of the molecule is CC(C)(O)[C@H](N)c1ccccc1.Cl. The van der Waals surface area contributed by atoms with E-state index in [1.54, 1.807) is 13.8 Å². The van der Waals surface area contributed by atoms with Crippen LogP contribution in [0, 0.1) is 0 Å². The van der Waals surface area contributed by atoms with Crippen LogP contribution in [0.2, 0.25) is 0 Å². The van der Waals surface area contributed by atoms with Crippen molar-refractivity contribution in [3.8, 4) is 0 Å². The average Bonchev–Trinajstić information content (AvgIpc) is 2.03. The molecule has 0 fully saturated rings. The Morgan fingerprint density at radius 3 is 2.08 bits per heavy atom. The lowest BCUT2D eigenvalue weighted by atomic mass is 9.93. The molecule has 0 aromatic heterocycles. The van der Waals surface area contributed by atoms with E-state index in [2.05, 4.69) is 0 Å². The van der Waals surface area contributed by atoms with Crippen molar-refractivity contribution in [2.75, 3.05) is 0 Å². The van der Waals surface area contributed by atoms with Crippen molar-refractivity contribution in [2.45, 2.75) is 25.5 Å². The molecule has 1 atom stereocenters. The Kier molecular flexibility index (Phi) is 4.40. The van der Waals surface area contributed by atoms with Crippen LogP contribution in [0.25, 0.3) is 0 Å². The van der Waals surface area contributed by atoms with E-state index in [4.69, 9.17) is 5.73 Å². The Bertz CT molecular complexity index is 243. The normalized spacial score (nSPS) is 13.2. The van der Waals surface area contributed by atoms with Crippen LogP contribution < -0.4 is 5.73 Å². The molecule has 3 N–H and O–H groups in total. The maximum Gasteiger partial charge on any atom is 0.0783 e. The Hall–Kier alpha value is -0.570. The summed E-state index contributed by atoms with van der Waals surface area (Å²) in [6.07, 6.45) is 0. The Morgan fingerprint density at radius 1 is 1.23 bits per heavy atom. The molecular formula is C10H16ClNO. The lowest BCUT2D eigenvalue weighted by molar-refractivity contribution is 0.0517. The molecule has 1 aromatic rings. The Balaban J connectivity index is 0.00000144. The Morgan fingerprint density at radius 2 is 1.69 bits per heavy atom. The molecule has 0 radical (unpaired) electrons. The minimum atomic E-state index is -0.860. The molecule has 0 aliphatic carbocycles. The molecule has 0 aliphatic rings. The van der Waals surface area contributed by atoms with E-state index in [9.17, 15) is 5.11 Å². The fourth-order valence-electron chi connectivity index (χ4n) is 1.07. The summed E-state index contributed by atoms with van der Waals surface area (Å²) in [6.45, 7) is 3.43. The summed E-state index contributed by atoms with van der Waals surface area (Å²) in [5.41, 5.74) is 5.93. The van der Waals surface area contributed by atoms with Crippen molar-refractivity contribution in [3.05, 3.63) is 35.9 Å². The number of hydrogen-bond acceptors (Lipinski definition) is 2. The fourth-order valence-corrected chi connectivity index (χ4v) is 1.07. The molecule has 74 valence electrons. The molecule has 0 heterocycles. The molecule has 1 rings (SSSR count). The number of aliphatic hydroxyl groups is 1. The van der Waals surface area contributed by atoms with Gasteiger partial charge in [0.15, 0.2) is 0 Å². The highest BCUT2D eigenvalue weighted by molar-refractivity contribution is 5.85. The van der Waals surface area contributed by atoms with Crippen LogP contribution in [0.3, 0.4) is 0 Å². The van der Waals surface area contributed by atoms with E-state index in [0.29, 0.717) is 0 Å². The molecule has 0 amide bonds. The lowest BCUT2D eigenvalue weighted by Crippen LogP contribution is -2.34. The van der Waals surface area contributed by atoms with Crippen molar-refractivity contribution in [2.24, 2.45) is 5.73 Å². The van der Waals surface area contributed by atoms with Gasteiger partial charge in [0, 0.05) is 0 Å². The van der Waals surface area contributed by atoms with Gasteiger partial charge in [0.1, 0.15) is 0 Å². The predicted octanol–water partition coefficient (Wildman–Crippen LogP) is 1.88. The zero-order valence-electron chi connectivity index (χ0n) is 7.90. The lowest BCUT2D eigenvalue weighted by Gasteiger charge is -2.25. The first-order valence-electron chi connectivity index (χ1n) is 4.04. The van der Waals surface area contributed by atoms with Gasteiger partial charge in [-0.3, -0.25) is 0 Å². The molecule has 1 aromatic carbocycles. The van der Waals surface area contributed by atoms with E-state index >= 15 is 0 Å². The number of rotatable bonds is 2. The van der Waals surface area contributed by atoms with E-state index in [1.807, 2.05) is 30.3 Å². The maximum atomic E-state index is 9.61. The van der Waals surface area contributed by atoms with E-state index in [1.165, 1.54) is 0 Å². The summed E-state index contributed by atoms with van der Waals surface area (Å²) < 4.78 is 0. The van der Waals surface area contributed by atoms with Gasteiger partial charge in [0.05, 0.1) is 11.6 Å². The first-order valence-corrected chi connectivity index (χ1v) is 4.04. The quantitative estimate of drug-likeness (QED) is 0.768. The second kappa shape index (κ2) is 4.61. The molecule has 0 bridgehead atoms. The Labute approximate surface area is 85.2 Å². The van der Waals surface area contributed by atoms with Crippen molar-refractivity contribution in [1.82, 2.24) is 0 Å². The first-order chi connectivity index (χ1) is 5.52. The molecule has 3 heteroatoms. The monoisotopic (exact) mass is 201 g/mol. The van der Waals surface area contributed by atoms with Gasteiger partial charge in [-0.2, -0.15) is 0 Å². The van der Waals surface area contributed by atoms with Crippen molar-refractivity contribution in [3.63, 3.8) is 0 Å². The van der Waals surface area contributed by atoms with Gasteiger partial charge >= 0.3 is 0 Å². The van der Waals surface area contributed by atoms with Gasteiger partial charge in [-0.25, -0.2) is 0 Å². The van der Waals surface area contributed by atoms with Gasteiger partial charge in [-0.1, -0.05) is 30.3 Å². The third-order valence-electron chi connectivity index (χ3n) is 1.92. The summed E-state index contributed by atoms with van der Waals surface area (Å²) in [5, 5.41) is 9.61. The van der Waals surface area contributed by atoms with Gasteiger partial charge < -0.3 is 10.8 Å². The third-order valence-corrected chi connectivity index (χ3v) is 1.92. The molecule has 0 saturated carbocycles. The van der Waals surface area contributed by atoms with Crippen LogP contribution in [0.4, 0.5) is 0 Å². The number of hydrogen-bond donors (Lipinski definition) is 2. The molecule has 0 aliphatic heterocycles. The highest BCUT2D eigenvalue weighted by Crippen LogP contribution is 2.21. The average molecular weight is 202 g/mol. The van der Waals surface area contributed by atoms with Crippen molar-refractivity contribution < 1.29 is 5.11 Å². The standard InChI is InChI=1S/C10H15NO.ClH/c1-10(2,12)9(11)8-6-4-3-5-7-8;/h3-7,9,12H,11H2,1-2H3;1H/t9-;/m1./s1. The number of halogens is 1. The molecule has 0 unspecified atom stereocenters. The second-order valence-electron chi connectivity index (χ2n) is 3.54. The van der Waals surface area contributed by atoms with E-state index < -0.39 is 5.60 Å². The highest BCUT2D eigenvalue weighted by Gasteiger charge is 2.23. The van der Waals surface area contributed by atoms with Gasteiger partial charge in [-0.15, -0.1) is 12.4 Å². The van der Waals surface area contributed by atoms with Crippen LogP contribution in [0.15, 0.2) is 30.3 Å². The predicted molar refractivity (Wildman–Crippen MR) is 56.9 cm³/mol. The molecule has 0 saturated heterocycles. The highest BCUT2D eigenvalue weighted by atomic mass is 35.5. The molecule has 2 nitrogen and oxygen atoms in total. The largest absolute Gasteiger partial charge is 0.388 e. The maximum absolute atomic E-state index is 9.61. The number of nitrogens with two attached hydrogens (primary N) is 1. The van der Waals surface area contributed by atoms with Gasteiger partial charge in [-0.05, 0) is 19.4 Å². The van der Waals surface area contributed by atoms with Crippen molar-refractivity contribution in [1.29, 1.82) is 0 Å². The second-order valence-corrected chi connectivity index (χ2v) is 3.54.